The highest BCUT2D eigenvalue weighted by Crippen LogP contribution is 2.61. The molecule has 9 nitrogen and oxygen atoms in total. The fourth-order valence-corrected chi connectivity index (χ4v) is 6.55. The minimum atomic E-state index is -1.23. The summed E-state index contributed by atoms with van der Waals surface area (Å²) in [5, 5.41) is 14.3. The number of nitrogens with one attached hydrogen (secondary N) is 1. The number of ether oxygens (including phenoxy) is 1. The minimum Gasteiger partial charge on any atom is -0.497 e. The van der Waals surface area contributed by atoms with Gasteiger partial charge < -0.3 is 10.1 Å². The van der Waals surface area contributed by atoms with Crippen molar-refractivity contribution in [1.29, 1.82) is 0 Å². The van der Waals surface area contributed by atoms with E-state index in [2.05, 4.69) is 15.2 Å². The van der Waals surface area contributed by atoms with Crippen LogP contribution in [0.25, 0.3) is 0 Å². The molecule has 2 fully saturated rings. The molecule has 4 heterocycles. The molecule has 2 saturated heterocycles. The monoisotopic (exact) mass is 484 g/mol. The molecule has 2 aromatic carbocycles. The second-order valence-corrected chi connectivity index (χ2v) is 9.49. The predicted octanol–water partition coefficient (Wildman–Crippen LogP) is 3.91. The molecule has 3 aliphatic heterocycles. The van der Waals surface area contributed by atoms with Gasteiger partial charge in [0.05, 0.1) is 18.0 Å². The smallest absolute Gasteiger partial charge is 0.269 e. The van der Waals surface area contributed by atoms with E-state index < -0.39 is 16.4 Å². The van der Waals surface area contributed by atoms with Gasteiger partial charge in [-0.25, -0.2) is 0 Å². The van der Waals surface area contributed by atoms with Gasteiger partial charge in [0.25, 0.3) is 5.69 Å². The third-order valence-electron chi connectivity index (χ3n) is 7.93. The number of benzene rings is 2. The van der Waals surface area contributed by atoms with E-state index in [4.69, 9.17) is 4.74 Å². The van der Waals surface area contributed by atoms with Gasteiger partial charge in [0.15, 0.2) is 5.78 Å². The average molecular weight is 485 g/mol. The molecule has 6 rings (SSSR count). The molecule has 0 aliphatic carbocycles. The summed E-state index contributed by atoms with van der Waals surface area (Å²) in [5.41, 5.74) is 1.38. The molecule has 0 saturated carbocycles. The first-order valence-corrected chi connectivity index (χ1v) is 11.9. The lowest BCUT2D eigenvalue weighted by Crippen LogP contribution is -2.52. The summed E-state index contributed by atoms with van der Waals surface area (Å²) in [6.45, 7) is 0.662. The molecular formula is C27H24N4O5. The summed E-state index contributed by atoms with van der Waals surface area (Å²) in [6.07, 6.45) is 4.84. The summed E-state index contributed by atoms with van der Waals surface area (Å²) in [5.74, 6) is -0.909. The molecule has 0 radical (unpaired) electrons. The van der Waals surface area contributed by atoms with Crippen LogP contribution in [0, 0.1) is 16.0 Å². The van der Waals surface area contributed by atoms with Crippen LogP contribution in [0.3, 0.4) is 0 Å². The van der Waals surface area contributed by atoms with Gasteiger partial charge in [0, 0.05) is 53.3 Å². The maximum absolute atomic E-state index is 14.3. The zero-order valence-corrected chi connectivity index (χ0v) is 19.6. The quantitative estimate of drug-likeness (QED) is 0.332. The first-order chi connectivity index (χ1) is 17.5. The lowest BCUT2D eigenvalue weighted by atomic mass is 9.69. The molecule has 9 heteroatoms. The van der Waals surface area contributed by atoms with Crippen molar-refractivity contribution < 1.29 is 19.2 Å². The molecule has 1 aromatic heterocycles. The Labute approximate surface area is 207 Å². The zero-order chi connectivity index (χ0) is 25.0. The van der Waals surface area contributed by atoms with Gasteiger partial charge >= 0.3 is 0 Å². The van der Waals surface area contributed by atoms with E-state index in [-0.39, 0.29) is 29.3 Å². The molecule has 4 atom stereocenters. The largest absolute Gasteiger partial charge is 0.497 e. The van der Waals surface area contributed by atoms with Crippen molar-refractivity contribution in [2.45, 2.75) is 30.3 Å². The van der Waals surface area contributed by atoms with E-state index in [0.717, 1.165) is 24.0 Å². The van der Waals surface area contributed by atoms with Crippen molar-refractivity contribution in [1.82, 2.24) is 9.88 Å². The van der Waals surface area contributed by atoms with Crippen LogP contribution in [-0.4, -0.2) is 46.2 Å². The summed E-state index contributed by atoms with van der Waals surface area (Å²) in [7, 11) is 1.57. The van der Waals surface area contributed by atoms with Gasteiger partial charge in [-0.15, -0.1) is 0 Å². The van der Waals surface area contributed by atoms with E-state index in [0.29, 0.717) is 23.5 Å². The summed E-state index contributed by atoms with van der Waals surface area (Å²) in [6, 6.07) is 15.2. The van der Waals surface area contributed by atoms with Gasteiger partial charge in [0.2, 0.25) is 5.91 Å². The number of rotatable bonds is 5. The van der Waals surface area contributed by atoms with Crippen molar-refractivity contribution in [2.24, 2.45) is 5.92 Å². The van der Waals surface area contributed by atoms with Crippen molar-refractivity contribution in [3.63, 3.8) is 0 Å². The number of Topliss-reactive ketones (excluding diaryl/α,β-unsaturated/α-hetero) is 1. The number of carbonyl (C=O) groups excluding carboxylic acids is 2. The maximum atomic E-state index is 14.3. The van der Waals surface area contributed by atoms with Crippen molar-refractivity contribution in [2.75, 3.05) is 19.0 Å². The Bertz CT molecular complexity index is 1380. The van der Waals surface area contributed by atoms with Gasteiger partial charge in [-0.05, 0) is 55.3 Å². The topological polar surface area (TPSA) is 115 Å². The Hall–Kier alpha value is -4.11. The number of nitro groups is 1. The Morgan fingerprint density at radius 2 is 2.03 bits per heavy atom. The van der Waals surface area contributed by atoms with E-state index >= 15 is 0 Å². The molecule has 1 amide bonds. The van der Waals surface area contributed by atoms with Crippen LogP contribution in [0.4, 0.5) is 11.4 Å². The van der Waals surface area contributed by atoms with Gasteiger partial charge in [-0.1, -0.05) is 12.1 Å². The van der Waals surface area contributed by atoms with Gasteiger partial charge in [-0.3, -0.25) is 29.6 Å². The van der Waals surface area contributed by atoms with Gasteiger partial charge in [-0.2, -0.15) is 0 Å². The van der Waals surface area contributed by atoms with Crippen LogP contribution in [-0.2, 0) is 10.3 Å². The number of amides is 1. The third-order valence-corrected chi connectivity index (χ3v) is 7.93. The number of nitrogens with zero attached hydrogens (tertiary/aromatic N) is 3. The SMILES string of the molecule is COc1ccc2c(c1)[C@]1(C(=O)N2)[C@H](C(=O)c2cccnc2)[C@H](c2ccc([N+](=O)[O-])cc2)[C@@H]2CCCN21. The first kappa shape index (κ1) is 22.4. The lowest BCUT2D eigenvalue weighted by molar-refractivity contribution is -0.384. The molecule has 1 N–H and O–H groups in total. The average Bonchev–Trinajstić information content (AvgIpc) is 3.57. The summed E-state index contributed by atoms with van der Waals surface area (Å²) < 4.78 is 5.50. The third kappa shape index (κ3) is 3.02. The number of non-ortho nitro benzene ring substituents is 1. The Balaban J connectivity index is 1.60. The number of nitro benzene ring substituents is 1. The zero-order valence-electron chi connectivity index (χ0n) is 19.6. The maximum Gasteiger partial charge on any atom is 0.269 e. The minimum absolute atomic E-state index is 0.0152. The fraction of sp³-hybridized carbons (Fsp3) is 0.296. The Kier molecular flexibility index (Phi) is 5.11. The highest BCUT2D eigenvalue weighted by molar-refractivity contribution is 6.12. The van der Waals surface area contributed by atoms with Crippen molar-refractivity contribution in [3.8, 4) is 5.75 Å². The van der Waals surface area contributed by atoms with Crippen molar-refractivity contribution >= 4 is 23.1 Å². The highest BCUT2D eigenvalue weighted by Gasteiger charge is 2.69. The molecular weight excluding hydrogens is 460 g/mol. The molecule has 0 bridgehead atoms. The number of hydrogen-bond donors (Lipinski definition) is 1. The van der Waals surface area contributed by atoms with Crippen LogP contribution in [0.15, 0.2) is 67.0 Å². The lowest BCUT2D eigenvalue weighted by Gasteiger charge is -2.37. The molecule has 36 heavy (non-hydrogen) atoms. The second-order valence-electron chi connectivity index (χ2n) is 9.49. The number of fused-ring (bicyclic) bond motifs is 4. The normalized spacial score (nSPS) is 26.5. The number of anilines is 1. The van der Waals surface area contributed by atoms with E-state index in [1.54, 1.807) is 43.6 Å². The number of hydrogen-bond acceptors (Lipinski definition) is 7. The van der Waals surface area contributed by atoms with Crippen LogP contribution in [0.5, 0.6) is 5.75 Å². The number of methoxy groups -OCH3 is 1. The fourth-order valence-electron chi connectivity index (χ4n) is 6.55. The molecule has 0 unspecified atom stereocenters. The standard InChI is InChI=1S/C27H24N4O5/c1-36-19-10-11-21-20(14-19)27(26(33)29-21)24(25(32)17-4-2-12-28-15-17)23(22-5-3-13-30(22)27)16-6-8-18(9-7-16)31(34)35/h2,4,6-12,14-15,22-24H,3,5,13H2,1H3,(H,29,33)/t22-,23+,24-,27+/m0/s1. The van der Waals surface area contributed by atoms with E-state index in [9.17, 15) is 19.7 Å². The van der Waals surface area contributed by atoms with Gasteiger partial charge in [0.1, 0.15) is 11.3 Å². The summed E-state index contributed by atoms with van der Waals surface area (Å²) >= 11 is 0. The number of carbonyl (C=O) groups is 2. The molecule has 182 valence electrons. The molecule has 1 spiro atoms. The van der Waals surface area contributed by atoms with Crippen LogP contribution in [0.1, 0.15) is 40.2 Å². The van der Waals surface area contributed by atoms with Crippen LogP contribution in [0.2, 0.25) is 0 Å². The van der Waals surface area contributed by atoms with Crippen molar-refractivity contribution in [3.05, 3.63) is 93.8 Å². The highest BCUT2D eigenvalue weighted by atomic mass is 16.6. The number of aromatic nitrogens is 1. The molecule has 3 aliphatic rings. The summed E-state index contributed by atoms with van der Waals surface area (Å²) in [4.78, 5) is 45.5. The molecule has 3 aromatic rings. The van der Waals surface area contributed by atoms with Crippen LogP contribution < -0.4 is 10.1 Å². The van der Waals surface area contributed by atoms with E-state index in [1.807, 2.05) is 12.1 Å². The predicted molar refractivity (Wildman–Crippen MR) is 131 cm³/mol. The Morgan fingerprint density at radius 3 is 2.72 bits per heavy atom. The number of ketones is 1. The first-order valence-electron chi connectivity index (χ1n) is 11.9. The van der Waals surface area contributed by atoms with E-state index in [1.165, 1.54) is 18.3 Å². The number of pyridine rings is 1. The Morgan fingerprint density at radius 1 is 1.22 bits per heavy atom. The van der Waals surface area contributed by atoms with Crippen LogP contribution >= 0.6 is 0 Å². The second kappa shape index (κ2) is 8.23.